The molecule has 0 aromatic heterocycles. The maximum atomic E-state index is 12.1. The Morgan fingerprint density at radius 1 is 1.08 bits per heavy atom. The van der Waals surface area contributed by atoms with Gasteiger partial charge in [-0.15, -0.1) is 0 Å². The minimum Gasteiger partial charge on any atom is -0.456 e. The van der Waals surface area contributed by atoms with E-state index in [4.69, 9.17) is 4.74 Å². The summed E-state index contributed by atoms with van der Waals surface area (Å²) in [5.74, 6) is 5.26. The Kier molecular flexibility index (Phi) is 7.44. The van der Waals surface area contributed by atoms with Crippen molar-refractivity contribution in [2.45, 2.75) is 118 Å². The SMILES string of the molecule is C[NH2+][C@@H]1CC[C@]2(C)[C@H]3CC[C@]4(C)[C@@H]([C@H](C)CC5[NH2+]CCC5C(C)C)CC[C@H]4C3=CC[C@H]2[C@H]1OC(C)=O. The van der Waals surface area contributed by atoms with Crippen molar-refractivity contribution < 1.29 is 20.2 Å². The Bertz CT molecular complexity index is 853. The van der Waals surface area contributed by atoms with E-state index in [1.54, 1.807) is 6.92 Å². The van der Waals surface area contributed by atoms with E-state index >= 15 is 0 Å². The van der Waals surface area contributed by atoms with Crippen molar-refractivity contribution in [3.63, 3.8) is 0 Å². The second-order valence-corrected chi connectivity index (χ2v) is 14.6. The van der Waals surface area contributed by atoms with Gasteiger partial charge < -0.3 is 15.4 Å². The number of likely N-dealkylation sites (N-methyl/N-ethyl adjacent to an activating group) is 1. The molecule has 4 fully saturated rings. The number of hydrogen-bond acceptors (Lipinski definition) is 2. The molecule has 4 N–H and O–H groups in total. The second-order valence-electron chi connectivity index (χ2n) is 14.6. The molecule has 36 heavy (non-hydrogen) atoms. The molecule has 1 aliphatic heterocycles. The van der Waals surface area contributed by atoms with Gasteiger partial charge in [-0.1, -0.05) is 46.3 Å². The zero-order valence-electron chi connectivity index (χ0n) is 24.4. The number of allylic oxidation sites excluding steroid dienone is 2. The van der Waals surface area contributed by atoms with E-state index in [9.17, 15) is 4.79 Å². The van der Waals surface area contributed by atoms with Crippen LogP contribution in [0.25, 0.3) is 0 Å². The summed E-state index contributed by atoms with van der Waals surface area (Å²) in [6.45, 7) is 15.7. The van der Waals surface area contributed by atoms with Gasteiger partial charge in [0.2, 0.25) is 0 Å². The Hall–Kier alpha value is -0.870. The Morgan fingerprint density at radius 2 is 1.81 bits per heavy atom. The molecule has 5 rings (SSSR count). The summed E-state index contributed by atoms with van der Waals surface area (Å²) < 4.78 is 6.05. The van der Waals surface area contributed by atoms with Gasteiger partial charge in [0, 0.05) is 38.0 Å². The summed E-state index contributed by atoms with van der Waals surface area (Å²) in [7, 11) is 2.16. The van der Waals surface area contributed by atoms with Crippen LogP contribution in [0.1, 0.15) is 99.3 Å². The van der Waals surface area contributed by atoms with Crippen LogP contribution in [0.3, 0.4) is 0 Å². The molecule has 4 nitrogen and oxygen atoms in total. The predicted octanol–water partition coefficient (Wildman–Crippen LogP) is 4.30. The molecule has 5 aliphatic rings. The molecule has 204 valence electrons. The van der Waals surface area contributed by atoms with Crippen LogP contribution in [0.15, 0.2) is 11.6 Å². The van der Waals surface area contributed by atoms with Crippen LogP contribution < -0.4 is 10.6 Å². The Labute approximate surface area is 221 Å². The first kappa shape index (κ1) is 26.7. The number of esters is 1. The second kappa shape index (κ2) is 10.0. The summed E-state index contributed by atoms with van der Waals surface area (Å²) in [6.07, 6.45) is 14.7. The van der Waals surface area contributed by atoms with Gasteiger partial charge in [0.05, 0.1) is 19.6 Å². The van der Waals surface area contributed by atoms with E-state index in [1.165, 1.54) is 57.9 Å². The average molecular weight is 501 g/mol. The third kappa shape index (κ3) is 4.31. The van der Waals surface area contributed by atoms with Gasteiger partial charge in [-0.05, 0) is 78.9 Å². The first-order valence-corrected chi connectivity index (χ1v) is 15.6. The summed E-state index contributed by atoms with van der Waals surface area (Å²) in [4.78, 5) is 12.1. The summed E-state index contributed by atoms with van der Waals surface area (Å²) >= 11 is 0. The van der Waals surface area contributed by atoms with E-state index in [0.29, 0.717) is 23.3 Å². The number of nitrogens with two attached hydrogens (primary N) is 2. The molecule has 0 aromatic carbocycles. The fourth-order valence-electron chi connectivity index (χ4n) is 10.9. The van der Waals surface area contributed by atoms with Crippen molar-refractivity contribution in [2.24, 2.45) is 52.3 Å². The molecule has 2 unspecified atom stereocenters. The van der Waals surface area contributed by atoms with E-state index in [1.807, 2.05) is 5.57 Å². The highest BCUT2D eigenvalue weighted by atomic mass is 16.5. The van der Waals surface area contributed by atoms with Crippen molar-refractivity contribution in [1.29, 1.82) is 0 Å². The van der Waals surface area contributed by atoms with Gasteiger partial charge in [-0.2, -0.15) is 0 Å². The van der Waals surface area contributed by atoms with Crippen molar-refractivity contribution in [1.82, 2.24) is 0 Å². The third-order valence-electron chi connectivity index (χ3n) is 12.7. The van der Waals surface area contributed by atoms with Gasteiger partial charge in [-0.25, -0.2) is 0 Å². The number of carbonyl (C=O) groups is 1. The molecule has 0 aromatic rings. The lowest BCUT2D eigenvalue weighted by Gasteiger charge is -2.59. The van der Waals surface area contributed by atoms with Crippen LogP contribution in [0, 0.1) is 52.3 Å². The van der Waals surface area contributed by atoms with Gasteiger partial charge in [-0.3, -0.25) is 4.79 Å². The number of fused-ring (bicyclic) bond motifs is 5. The lowest BCUT2D eigenvalue weighted by molar-refractivity contribution is -0.676. The molecule has 11 atom stereocenters. The van der Waals surface area contributed by atoms with Gasteiger partial charge in [0.25, 0.3) is 0 Å². The average Bonchev–Trinajstić information content (AvgIpc) is 3.42. The molecule has 1 saturated heterocycles. The van der Waals surface area contributed by atoms with E-state index in [0.717, 1.165) is 42.1 Å². The van der Waals surface area contributed by atoms with Crippen molar-refractivity contribution >= 4 is 5.97 Å². The number of quaternary nitrogens is 2. The zero-order chi connectivity index (χ0) is 25.8. The standard InChI is InChI=1S/C32H54N2O2/c1-19(2)22-14-17-34-29(22)18-20(3)24-10-11-25-23-8-9-27-30(36-21(4)35)28(33-7)13-16-32(27,6)26(23)12-15-31(24,25)5/h8,19-20,22,24-30,33-34H,9-18H2,1-7H3/p+2/t20-,22?,24-,25+,26+,27+,28-,29?,30-,31-,32-/m1/s1. The topological polar surface area (TPSA) is 59.5 Å². The molecule has 4 aliphatic carbocycles. The number of hydrogen-bond donors (Lipinski definition) is 2. The summed E-state index contributed by atoms with van der Waals surface area (Å²) in [5, 5.41) is 4.99. The number of ether oxygens (including phenoxy) is 1. The Balaban J connectivity index is 1.35. The maximum absolute atomic E-state index is 12.1. The minimum absolute atomic E-state index is 0.0604. The highest BCUT2D eigenvalue weighted by Gasteiger charge is 2.61. The number of carbonyl (C=O) groups excluding carboxylic acids is 1. The molecule has 0 radical (unpaired) electrons. The monoisotopic (exact) mass is 500 g/mol. The van der Waals surface area contributed by atoms with E-state index in [-0.39, 0.29) is 17.5 Å². The molecule has 4 heteroatoms. The normalized spacial score (nSPS) is 47.1. The lowest BCUT2D eigenvalue weighted by atomic mass is 9.47. The molecule has 0 amide bonds. The summed E-state index contributed by atoms with van der Waals surface area (Å²) in [5.41, 5.74) is 2.57. The fraction of sp³-hybridized carbons (Fsp3) is 0.906. The highest BCUT2D eigenvalue weighted by Crippen LogP contribution is 2.67. The quantitative estimate of drug-likeness (QED) is 0.422. The van der Waals surface area contributed by atoms with Crippen LogP contribution in [-0.2, 0) is 9.53 Å². The largest absolute Gasteiger partial charge is 0.456 e. The molecule has 3 saturated carbocycles. The van der Waals surface area contributed by atoms with Crippen molar-refractivity contribution in [2.75, 3.05) is 13.6 Å². The number of rotatable bonds is 6. The van der Waals surface area contributed by atoms with Crippen LogP contribution in [0.5, 0.6) is 0 Å². The third-order valence-corrected chi connectivity index (χ3v) is 12.7. The van der Waals surface area contributed by atoms with Crippen LogP contribution >= 0.6 is 0 Å². The smallest absolute Gasteiger partial charge is 0.303 e. The van der Waals surface area contributed by atoms with E-state index < -0.39 is 0 Å². The van der Waals surface area contributed by atoms with Crippen LogP contribution in [0.4, 0.5) is 0 Å². The zero-order valence-corrected chi connectivity index (χ0v) is 24.4. The lowest BCUT2D eigenvalue weighted by Crippen LogP contribution is -2.90. The van der Waals surface area contributed by atoms with Crippen molar-refractivity contribution in [3.05, 3.63) is 11.6 Å². The molecule has 0 spiro atoms. The van der Waals surface area contributed by atoms with Gasteiger partial charge >= 0.3 is 5.97 Å². The predicted molar refractivity (Wildman–Crippen MR) is 145 cm³/mol. The molecule has 1 heterocycles. The first-order chi connectivity index (χ1) is 17.1. The minimum atomic E-state index is -0.103. The maximum Gasteiger partial charge on any atom is 0.303 e. The van der Waals surface area contributed by atoms with Gasteiger partial charge in [0.15, 0.2) is 6.10 Å². The highest BCUT2D eigenvalue weighted by molar-refractivity contribution is 5.66. The molecular formula is C32H56N2O2+2. The van der Waals surface area contributed by atoms with Crippen LogP contribution in [-0.4, -0.2) is 37.7 Å². The first-order valence-electron chi connectivity index (χ1n) is 15.6. The fourth-order valence-corrected chi connectivity index (χ4v) is 10.9. The Morgan fingerprint density at radius 3 is 2.50 bits per heavy atom. The van der Waals surface area contributed by atoms with E-state index in [2.05, 4.69) is 58.4 Å². The van der Waals surface area contributed by atoms with Crippen LogP contribution in [0.2, 0.25) is 0 Å². The summed E-state index contributed by atoms with van der Waals surface area (Å²) in [6, 6.07) is 1.26. The molecular weight excluding hydrogens is 444 g/mol. The van der Waals surface area contributed by atoms with Crippen molar-refractivity contribution in [3.8, 4) is 0 Å². The van der Waals surface area contributed by atoms with Gasteiger partial charge in [0.1, 0.15) is 6.04 Å². The molecule has 0 bridgehead atoms.